The van der Waals surface area contributed by atoms with Gasteiger partial charge >= 0.3 is 17.9 Å². The van der Waals surface area contributed by atoms with Crippen LogP contribution in [-0.4, -0.2) is 135 Å². The van der Waals surface area contributed by atoms with Gasteiger partial charge < -0.3 is 55.5 Å². The average molecular weight is 665 g/mol. The second-order valence-corrected chi connectivity index (χ2v) is 9.95. The zero-order valence-corrected chi connectivity index (χ0v) is 26.4. The number of nitrogens with one attached hydrogen (secondary N) is 4. The van der Waals surface area contributed by atoms with Crippen LogP contribution >= 0.6 is 0 Å². The molecule has 0 aromatic rings. The van der Waals surface area contributed by atoms with Crippen molar-refractivity contribution < 1.29 is 67.8 Å². The largest absolute Gasteiger partial charge is 0.481 e. The molecule has 18 heteroatoms. The van der Waals surface area contributed by atoms with Crippen molar-refractivity contribution in [3.63, 3.8) is 0 Å². The summed E-state index contributed by atoms with van der Waals surface area (Å²) in [5, 5.41) is 37.4. The Kier molecular flexibility index (Phi) is 24.1. The van der Waals surface area contributed by atoms with Crippen molar-refractivity contribution in [3.8, 4) is 0 Å². The van der Waals surface area contributed by atoms with Crippen LogP contribution in [0.4, 0.5) is 0 Å². The Balaban J connectivity index is 4.22. The van der Waals surface area contributed by atoms with Gasteiger partial charge in [0.2, 0.25) is 23.6 Å². The highest BCUT2D eigenvalue weighted by atomic mass is 16.5. The molecular weight excluding hydrogens is 616 g/mol. The molecule has 0 heterocycles. The second-order valence-electron chi connectivity index (χ2n) is 9.95. The summed E-state index contributed by atoms with van der Waals surface area (Å²) >= 11 is 0. The Labute approximate surface area is 267 Å². The van der Waals surface area contributed by atoms with Crippen LogP contribution in [-0.2, 0) is 52.5 Å². The molecule has 264 valence electrons. The van der Waals surface area contributed by atoms with Gasteiger partial charge in [0.05, 0.1) is 45.6 Å². The highest BCUT2D eigenvalue weighted by Crippen LogP contribution is 2.10. The van der Waals surface area contributed by atoms with E-state index < -0.39 is 66.7 Å². The van der Waals surface area contributed by atoms with Crippen molar-refractivity contribution in [1.82, 2.24) is 21.3 Å². The lowest BCUT2D eigenvalue weighted by Crippen LogP contribution is -2.45. The quantitative estimate of drug-likeness (QED) is 0.0449. The Morgan fingerprint density at radius 3 is 1.50 bits per heavy atom. The first-order chi connectivity index (χ1) is 21.9. The number of hydrogen-bond donors (Lipinski definition) is 7. The van der Waals surface area contributed by atoms with Crippen molar-refractivity contribution in [2.45, 2.75) is 64.0 Å². The summed E-state index contributed by atoms with van der Waals surface area (Å²) in [6.45, 7) is 2.92. The summed E-state index contributed by atoms with van der Waals surface area (Å²) in [6, 6.07) is -2.82. The van der Waals surface area contributed by atoms with Crippen molar-refractivity contribution in [1.29, 1.82) is 0 Å². The third kappa shape index (κ3) is 22.6. The van der Waals surface area contributed by atoms with E-state index in [2.05, 4.69) is 21.3 Å². The highest BCUT2D eigenvalue weighted by Gasteiger charge is 2.24. The van der Waals surface area contributed by atoms with Crippen molar-refractivity contribution >= 4 is 41.5 Å². The summed E-state index contributed by atoms with van der Waals surface area (Å²) in [5.41, 5.74) is 0. The molecule has 0 saturated heterocycles. The van der Waals surface area contributed by atoms with E-state index in [-0.39, 0.29) is 77.5 Å². The number of carbonyl (C=O) groups excluding carboxylic acids is 4. The first-order valence-electron chi connectivity index (χ1n) is 14.9. The Morgan fingerprint density at radius 2 is 1.02 bits per heavy atom. The monoisotopic (exact) mass is 664 g/mol. The third-order valence-corrected chi connectivity index (χ3v) is 6.32. The van der Waals surface area contributed by atoms with Crippen LogP contribution in [0, 0.1) is 5.92 Å². The van der Waals surface area contributed by atoms with E-state index in [0.717, 1.165) is 0 Å². The molecule has 3 atom stereocenters. The number of ether oxygens (including phenoxy) is 4. The molecule has 18 nitrogen and oxygen atoms in total. The van der Waals surface area contributed by atoms with E-state index >= 15 is 0 Å². The van der Waals surface area contributed by atoms with E-state index in [1.807, 2.05) is 0 Å². The number of carboxylic acid groups (broad SMARTS) is 3. The minimum atomic E-state index is -1.44. The molecular formula is C28H48N4O14. The molecule has 0 fully saturated rings. The van der Waals surface area contributed by atoms with Gasteiger partial charge in [-0.15, -0.1) is 0 Å². The third-order valence-electron chi connectivity index (χ3n) is 6.32. The normalized spacial score (nSPS) is 12.7. The molecule has 4 amide bonds. The van der Waals surface area contributed by atoms with Crippen LogP contribution < -0.4 is 21.3 Å². The van der Waals surface area contributed by atoms with E-state index in [0.29, 0.717) is 19.6 Å². The number of carboxylic acids is 3. The summed E-state index contributed by atoms with van der Waals surface area (Å²) in [5.74, 6) is -6.53. The van der Waals surface area contributed by atoms with Crippen LogP contribution in [0.25, 0.3) is 0 Å². The standard InChI is InChI=1S/C28H48N4O14/c1-3-19(26(37)38)4-7-22(33)29-11-13-45-16-17-46-18-25(36)32-21(28(41)42)6-9-24(35)31-20(27(39)40)5-8-23(34)30-10-12-44-15-14-43-2/h19-21H,3-18H2,1-2H3,(H,29,33)(H,30,34)(H,31,35)(H,32,36)(H,37,38)(H,39,40)(H,41,42). The fraction of sp³-hybridized carbons (Fsp3) is 0.750. The van der Waals surface area contributed by atoms with E-state index in [4.69, 9.17) is 24.1 Å². The molecule has 3 unspecified atom stereocenters. The fourth-order valence-corrected chi connectivity index (χ4v) is 3.71. The van der Waals surface area contributed by atoms with Gasteiger partial charge in [-0.1, -0.05) is 6.92 Å². The number of methoxy groups -OCH3 is 1. The molecule has 0 aromatic carbocycles. The van der Waals surface area contributed by atoms with Crippen LogP contribution in [0.3, 0.4) is 0 Å². The van der Waals surface area contributed by atoms with Crippen LogP contribution in [0.15, 0.2) is 0 Å². The minimum absolute atomic E-state index is 0.00489. The maximum Gasteiger partial charge on any atom is 0.326 e. The molecule has 0 radical (unpaired) electrons. The first-order valence-corrected chi connectivity index (χ1v) is 14.9. The van der Waals surface area contributed by atoms with Crippen LogP contribution in [0.5, 0.6) is 0 Å². The summed E-state index contributed by atoms with van der Waals surface area (Å²) < 4.78 is 20.4. The molecule has 0 spiro atoms. The van der Waals surface area contributed by atoms with Gasteiger partial charge in [-0.25, -0.2) is 9.59 Å². The van der Waals surface area contributed by atoms with Crippen LogP contribution in [0.2, 0.25) is 0 Å². The molecule has 46 heavy (non-hydrogen) atoms. The number of carbonyl (C=O) groups is 7. The average Bonchev–Trinajstić information content (AvgIpc) is 3.00. The van der Waals surface area contributed by atoms with Gasteiger partial charge in [0.1, 0.15) is 18.7 Å². The number of rotatable bonds is 29. The molecule has 0 rings (SSSR count). The van der Waals surface area contributed by atoms with Gasteiger partial charge in [0.15, 0.2) is 0 Å². The lowest BCUT2D eigenvalue weighted by Gasteiger charge is -2.17. The van der Waals surface area contributed by atoms with Gasteiger partial charge in [-0.05, 0) is 25.7 Å². The molecule has 0 bridgehead atoms. The summed E-state index contributed by atoms with van der Waals surface area (Å²) in [6.07, 6.45) is -0.346. The lowest BCUT2D eigenvalue weighted by molar-refractivity contribution is -0.144. The SMILES string of the molecule is CCC(CCC(=O)NCCOCCOCC(=O)NC(CCC(=O)NC(CCC(=O)NCCOCCOC)C(=O)O)C(=O)O)C(=O)O. The zero-order chi connectivity index (χ0) is 34.7. The van der Waals surface area contributed by atoms with Crippen molar-refractivity contribution in [2.24, 2.45) is 5.92 Å². The maximum atomic E-state index is 12.3. The summed E-state index contributed by atoms with van der Waals surface area (Å²) in [7, 11) is 1.52. The van der Waals surface area contributed by atoms with Gasteiger partial charge in [-0.3, -0.25) is 24.0 Å². The van der Waals surface area contributed by atoms with Crippen LogP contribution in [0.1, 0.15) is 51.9 Å². The number of amides is 4. The maximum absolute atomic E-state index is 12.3. The Morgan fingerprint density at radius 1 is 0.565 bits per heavy atom. The highest BCUT2D eigenvalue weighted by molar-refractivity contribution is 5.86. The molecule has 0 aliphatic heterocycles. The van der Waals surface area contributed by atoms with E-state index in [9.17, 15) is 43.8 Å². The Bertz CT molecular complexity index is 964. The van der Waals surface area contributed by atoms with Crippen molar-refractivity contribution in [3.05, 3.63) is 0 Å². The summed E-state index contributed by atoms with van der Waals surface area (Å²) in [4.78, 5) is 82.1. The zero-order valence-electron chi connectivity index (χ0n) is 26.4. The fourth-order valence-electron chi connectivity index (χ4n) is 3.71. The predicted octanol–water partition coefficient (Wildman–Crippen LogP) is -1.49. The molecule has 7 N–H and O–H groups in total. The Hall–Kier alpha value is -3.87. The van der Waals surface area contributed by atoms with Gasteiger partial charge in [-0.2, -0.15) is 0 Å². The first kappa shape index (κ1) is 42.1. The molecule has 0 aliphatic carbocycles. The van der Waals surface area contributed by atoms with Crippen molar-refractivity contribution in [2.75, 3.05) is 66.4 Å². The minimum Gasteiger partial charge on any atom is -0.481 e. The van der Waals surface area contributed by atoms with E-state index in [1.165, 1.54) is 7.11 Å². The number of aliphatic carboxylic acids is 3. The number of hydrogen-bond acceptors (Lipinski definition) is 11. The molecule has 0 aliphatic rings. The molecule has 0 aromatic heterocycles. The topological polar surface area (TPSA) is 265 Å². The smallest absolute Gasteiger partial charge is 0.326 e. The molecule has 0 saturated carbocycles. The van der Waals surface area contributed by atoms with Gasteiger partial charge in [0, 0.05) is 39.5 Å². The van der Waals surface area contributed by atoms with Gasteiger partial charge in [0.25, 0.3) is 0 Å². The predicted molar refractivity (Wildman–Crippen MR) is 159 cm³/mol. The van der Waals surface area contributed by atoms with E-state index in [1.54, 1.807) is 6.92 Å². The second kappa shape index (κ2) is 26.4. The lowest BCUT2D eigenvalue weighted by atomic mass is 10.0.